The highest BCUT2D eigenvalue weighted by Crippen LogP contribution is 2.21. The van der Waals surface area contributed by atoms with Gasteiger partial charge in [0, 0.05) is 0 Å². The second-order valence-corrected chi connectivity index (χ2v) is 4.84. The molecule has 1 saturated heterocycles. The van der Waals surface area contributed by atoms with Crippen LogP contribution in [0.2, 0.25) is 0 Å². The third-order valence-corrected chi connectivity index (χ3v) is 2.94. The molecule has 92 valence electrons. The summed E-state index contributed by atoms with van der Waals surface area (Å²) in [6, 6.07) is 3.24. The van der Waals surface area contributed by atoms with Gasteiger partial charge in [-0.1, -0.05) is 0 Å². The molecule has 0 aromatic carbocycles. The van der Waals surface area contributed by atoms with Gasteiger partial charge in [-0.05, 0) is 38.2 Å². The van der Waals surface area contributed by atoms with Crippen molar-refractivity contribution in [2.45, 2.75) is 19.4 Å². The molecule has 1 fully saturated rings. The Morgan fingerprint density at radius 1 is 1.59 bits per heavy atom. The van der Waals surface area contributed by atoms with E-state index in [1.54, 1.807) is 12.1 Å². The highest BCUT2D eigenvalue weighted by Gasteiger charge is 2.35. The predicted octanol–water partition coefficient (Wildman–Crippen LogP) is 1.36. The zero-order chi connectivity index (χ0) is 12.5. The predicted molar refractivity (Wildman–Crippen MR) is 65.5 cm³/mol. The van der Waals surface area contributed by atoms with E-state index in [2.05, 4.69) is 5.32 Å². The summed E-state index contributed by atoms with van der Waals surface area (Å²) in [6.45, 7) is 4.99. The van der Waals surface area contributed by atoms with Crippen molar-refractivity contribution in [1.29, 1.82) is 0 Å². The van der Waals surface area contributed by atoms with Crippen LogP contribution in [0, 0.1) is 0 Å². The number of amides is 1. The van der Waals surface area contributed by atoms with Gasteiger partial charge in [-0.3, -0.25) is 10.1 Å². The molecule has 1 aromatic heterocycles. The Bertz CT molecular complexity index is 428. The zero-order valence-electron chi connectivity index (χ0n) is 9.73. The molecule has 0 radical (unpaired) electrons. The summed E-state index contributed by atoms with van der Waals surface area (Å²) in [4.78, 5) is 13.6. The number of hydrogen-bond acceptors (Lipinski definition) is 4. The molecule has 1 aliphatic rings. The maximum Gasteiger partial charge on any atom is 0.293 e. The fourth-order valence-corrected chi connectivity index (χ4v) is 2.00. The van der Waals surface area contributed by atoms with Crippen LogP contribution in [0.1, 0.15) is 24.4 Å². The smallest absolute Gasteiger partial charge is 0.293 e. The lowest BCUT2D eigenvalue weighted by atomic mass is 10.1. The average molecular weight is 254 g/mol. The molecule has 17 heavy (non-hydrogen) atoms. The van der Waals surface area contributed by atoms with Crippen LogP contribution in [0.25, 0.3) is 0 Å². The maximum atomic E-state index is 11.7. The molecule has 1 aliphatic heterocycles. The SMILES string of the molecule is CC1(C)COCN1C(=S)NC(=O)c1ccco1. The van der Waals surface area contributed by atoms with Crippen LogP contribution in [0.4, 0.5) is 0 Å². The topological polar surface area (TPSA) is 54.7 Å². The minimum absolute atomic E-state index is 0.201. The van der Waals surface area contributed by atoms with Crippen LogP contribution in [0.5, 0.6) is 0 Å². The van der Waals surface area contributed by atoms with Crippen molar-refractivity contribution in [1.82, 2.24) is 10.2 Å². The average Bonchev–Trinajstić information content (AvgIpc) is 2.85. The number of rotatable bonds is 1. The number of thiocarbonyl (C=S) groups is 1. The van der Waals surface area contributed by atoms with E-state index < -0.39 is 0 Å². The minimum atomic E-state index is -0.345. The quantitative estimate of drug-likeness (QED) is 0.767. The van der Waals surface area contributed by atoms with Gasteiger partial charge in [0.05, 0.1) is 18.4 Å². The fourth-order valence-electron chi connectivity index (χ4n) is 1.61. The molecule has 0 spiro atoms. The number of furan rings is 1. The van der Waals surface area contributed by atoms with E-state index in [9.17, 15) is 4.79 Å². The Hall–Kier alpha value is -1.40. The van der Waals surface area contributed by atoms with Crippen molar-refractivity contribution in [2.75, 3.05) is 13.3 Å². The number of nitrogens with one attached hydrogen (secondary N) is 1. The van der Waals surface area contributed by atoms with E-state index >= 15 is 0 Å². The van der Waals surface area contributed by atoms with Crippen LogP contribution >= 0.6 is 12.2 Å². The highest BCUT2D eigenvalue weighted by molar-refractivity contribution is 7.80. The van der Waals surface area contributed by atoms with Gasteiger partial charge in [0.1, 0.15) is 6.73 Å². The third kappa shape index (κ3) is 2.48. The van der Waals surface area contributed by atoms with E-state index in [0.717, 1.165) is 0 Å². The minimum Gasteiger partial charge on any atom is -0.459 e. The summed E-state index contributed by atoms with van der Waals surface area (Å²) in [7, 11) is 0. The second-order valence-electron chi connectivity index (χ2n) is 4.45. The Balaban J connectivity index is 2.00. The van der Waals surface area contributed by atoms with E-state index in [1.807, 2.05) is 18.7 Å². The molecule has 5 nitrogen and oxygen atoms in total. The number of ether oxygens (including phenoxy) is 1. The molecule has 0 aliphatic carbocycles. The Kier molecular flexibility index (Phi) is 3.17. The van der Waals surface area contributed by atoms with Gasteiger partial charge in [-0.15, -0.1) is 0 Å². The summed E-state index contributed by atoms with van der Waals surface area (Å²) in [5.74, 6) is -0.104. The summed E-state index contributed by atoms with van der Waals surface area (Å²) in [6.07, 6.45) is 1.45. The molecule has 1 N–H and O–H groups in total. The van der Waals surface area contributed by atoms with Gasteiger partial charge < -0.3 is 14.1 Å². The molecule has 1 aromatic rings. The summed E-state index contributed by atoms with van der Waals surface area (Å²) >= 11 is 5.19. The van der Waals surface area contributed by atoms with Gasteiger partial charge >= 0.3 is 0 Å². The van der Waals surface area contributed by atoms with Crippen LogP contribution in [0.3, 0.4) is 0 Å². The van der Waals surface area contributed by atoms with Gasteiger partial charge in [0.2, 0.25) is 0 Å². The van der Waals surface area contributed by atoms with Gasteiger partial charge in [-0.25, -0.2) is 0 Å². The van der Waals surface area contributed by atoms with E-state index in [-0.39, 0.29) is 17.2 Å². The molecule has 0 atom stereocenters. The number of carbonyl (C=O) groups excluding carboxylic acids is 1. The number of hydrogen-bond donors (Lipinski definition) is 1. The van der Waals surface area contributed by atoms with Crippen molar-refractivity contribution >= 4 is 23.2 Å². The van der Waals surface area contributed by atoms with E-state index in [4.69, 9.17) is 21.4 Å². The highest BCUT2D eigenvalue weighted by atomic mass is 32.1. The molecule has 0 unspecified atom stereocenters. The van der Waals surface area contributed by atoms with Crippen molar-refractivity contribution in [3.05, 3.63) is 24.2 Å². The van der Waals surface area contributed by atoms with Gasteiger partial charge in [-0.2, -0.15) is 0 Å². The third-order valence-electron chi connectivity index (χ3n) is 2.62. The molecule has 2 rings (SSSR count). The molecular weight excluding hydrogens is 240 g/mol. The first-order chi connectivity index (χ1) is 8.00. The zero-order valence-corrected chi connectivity index (χ0v) is 10.5. The Labute approximate surface area is 105 Å². The van der Waals surface area contributed by atoms with Crippen molar-refractivity contribution < 1.29 is 13.9 Å². The molecule has 1 amide bonds. The number of nitrogens with zero attached hydrogens (tertiary/aromatic N) is 1. The van der Waals surface area contributed by atoms with Crippen LogP contribution in [0.15, 0.2) is 22.8 Å². The molecular formula is C11H14N2O3S. The van der Waals surface area contributed by atoms with Crippen molar-refractivity contribution in [2.24, 2.45) is 0 Å². The first-order valence-corrected chi connectivity index (χ1v) is 5.66. The second kappa shape index (κ2) is 4.46. The molecule has 0 bridgehead atoms. The van der Waals surface area contributed by atoms with Gasteiger partial charge in [0.25, 0.3) is 5.91 Å². The Morgan fingerprint density at radius 3 is 2.88 bits per heavy atom. The largest absolute Gasteiger partial charge is 0.459 e. The van der Waals surface area contributed by atoms with Crippen molar-refractivity contribution in [3.8, 4) is 0 Å². The molecule has 0 saturated carbocycles. The number of carbonyl (C=O) groups is 1. The Morgan fingerprint density at radius 2 is 2.35 bits per heavy atom. The van der Waals surface area contributed by atoms with Crippen LogP contribution < -0.4 is 5.32 Å². The van der Waals surface area contributed by atoms with Crippen LogP contribution in [-0.4, -0.2) is 34.8 Å². The van der Waals surface area contributed by atoms with Crippen molar-refractivity contribution in [3.63, 3.8) is 0 Å². The summed E-state index contributed by atoms with van der Waals surface area (Å²) < 4.78 is 10.3. The monoisotopic (exact) mass is 254 g/mol. The first kappa shape index (κ1) is 12.1. The lowest BCUT2D eigenvalue weighted by Gasteiger charge is -2.30. The van der Waals surface area contributed by atoms with E-state index in [1.165, 1.54) is 6.26 Å². The molecule has 6 heteroatoms. The molecule has 2 heterocycles. The maximum absolute atomic E-state index is 11.7. The lowest BCUT2D eigenvalue weighted by molar-refractivity contribution is 0.0942. The van der Waals surface area contributed by atoms with E-state index in [0.29, 0.717) is 18.5 Å². The van der Waals surface area contributed by atoms with Gasteiger partial charge in [0.15, 0.2) is 10.9 Å². The van der Waals surface area contributed by atoms with Crippen LogP contribution in [-0.2, 0) is 4.74 Å². The fraction of sp³-hybridized carbons (Fsp3) is 0.455. The standard InChI is InChI=1S/C11H14N2O3S/c1-11(2)6-15-7-13(11)10(17)12-9(14)8-4-3-5-16-8/h3-5H,6-7H2,1-2H3,(H,12,14,17). The summed E-state index contributed by atoms with van der Waals surface area (Å²) in [5.41, 5.74) is -0.201. The first-order valence-electron chi connectivity index (χ1n) is 5.25. The lowest BCUT2D eigenvalue weighted by Crippen LogP contribution is -2.50. The normalized spacial score (nSPS) is 18.1. The summed E-state index contributed by atoms with van der Waals surface area (Å²) in [5, 5.41) is 2.98.